The Bertz CT molecular complexity index is 145. The largest absolute Gasteiger partial charge is 0.508 e. The smallest absolute Gasteiger partial charge is 0.431 e. The number of hydrogen-bond donors (Lipinski definition) is 0. The molecule has 0 aliphatic carbocycles. The third-order valence-corrected chi connectivity index (χ3v) is 1.74. The van der Waals surface area contributed by atoms with Crippen molar-refractivity contribution in [3.8, 4) is 0 Å². The van der Waals surface area contributed by atoms with Gasteiger partial charge in [-0.25, -0.2) is 4.79 Å². The zero-order valence-electron chi connectivity index (χ0n) is 8.87. The van der Waals surface area contributed by atoms with Crippen LogP contribution in [-0.4, -0.2) is 18.4 Å². The van der Waals surface area contributed by atoms with Crippen LogP contribution in [0.2, 0.25) is 0 Å². The molecular formula is C10H19O3. The van der Waals surface area contributed by atoms with Gasteiger partial charge in [0, 0.05) is 0 Å². The van der Waals surface area contributed by atoms with Crippen LogP contribution >= 0.6 is 0 Å². The Labute approximate surface area is 80.4 Å². The molecule has 0 bridgehead atoms. The monoisotopic (exact) mass is 187 g/mol. The van der Waals surface area contributed by atoms with E-state index in [0.717, 1.165) is 12.8 Å². The minimum Gasteiger partial charge on any atom is -0.431 e. The molecule has 0 unspecified atom stereocenters. The van der Waals surface area contributed by atoms with E-state index in [1.807, 2.05) is 20.8 Å². The van der Waals surface area contributed by atoms with Crippen LogP contribution in [-0.2, 0) is 9.47 Å². The molecule has 0 N–H and O–H groups in total. The van der Waals surface area contributed by atoms with Gasteiger partial charge in [-0.2, -0.15) is 0 Å². The molecule has 0 saturated heterocycles. The van der Waals surface area contributed by atoms with Crippen molar-refractivity contribution in [2.24, 2.45) is 0 Å². The van der Waals surface area contributed by atoms with Gasteiger partial charge in [-0.3, -0.25) is 0 Å². The Balaban J connectivity index is 3.61. The van der Waals surface area contributed by atoms with Crippen LogP contribution in [0.15, 0.2) is 0 Å². The molecule has 3 nitrogen and oxygen atoms in total. The number of ether oxygens (including phenoxy) is 2. The topological polar surface area (TPSA) is 35.5 Å². The highest BCUT2D eigenvalue weighted by molar-refractivity contribution is 5.60. The van der Waals surface area contributed by atoms with E-state index in [9.17, 15) is 4.79 Å². The molecule has 0 aromatic rings. The molecule has 0 saturated carbocycles. The summed E-state index contributed by atoms with van der Waals surface area (Å²) in [6.07, 6.45) is 2.86. The van der Waals surface area contributed by atoms with E-state index in [-0.39, 0.29) is 12.2 Å². The fourth-order valence-corrected chi connectivity index (χ4v) is 0.877. The Kier molecular flexibility index (Phi) is 6.37. The highest BCUT2D eigenvalue weighted by Crippen LogP contribution is 2.04. The first kappa shape index (κ1) is 12.3. The summed E-state index contributed by atoms with van der Waals surface area (Å²) < 4.78 is 9.88. The van der Waals surface area contributed by atoms with Crippen molar-refractivity contribution >= 4 is 6.16 Å². The first-order valence-corrected chi connectivity index (χ1v) is 4.76. The molecule has 0 spiro atoms. The highest BCUT2D eigenvalue weighted by atomic mass is 16.7. The summed E-state index contributed by atoms with van der Waals surface area (Å²) in [7, 11) is 0. The van der Waals surface area contributed by atoms with Crippen LogP contribution in [0.25, 0.3) is 0 Å². The predicted octanol–water partition coefficient (Wildman–Crippen LogP) is 2.94. The lowest BCUT2D eigenvalue weighted by molar-refractivity contribution is 0.0127. The lowest BCUT2D eigenvalue weighted by Gasteiger charge is -2.14. The molecule has 0 aliphatic heterocycles. The van der Waals surface area contributed by atoms with Crippen LogP contribution < -0.4 is 0 Å². The zero-order valence-corrected chi connectivity index (χ0v) is 8.87. The molecule has 0 fully saturated rings. The number of carbonyl (C=O) groups is 1. The first-order valence-electron chi connectivity index (χ1n) is 4.76. The summed E-state index contributed by atoms with van der Waals surface area (Å²) in [6.45, 7) is 7.55. The standard InChI is InChI=1S/C10H19O3/c1-5-7-9(4)13-10(11)12-8(3)6-2/h6,8-9H,5,7H2,1-4H3/t8-,9-/m1/s1. The minimum absolute atomic E-state index is 0.0541. The molecule has 77 valence electrons. The third-order valence-electron chi connectivity index (χ3n) is 1.74. The fraction of sp³-hybridized carbons (Fsp3) is 0.800. The van der Waals surface area contributed by atoms with Gasteiger partial charge in [-0.1, -0.05) is 20.3 Å². The molecule has 1 radical (unpaired) electrons. The second-order valence-corrected chi connectivity index (χ2v) is 3.12. The quantitative estimate of drug-likeness (QED) is 0.621. The average Bonchev–Trinajstić information content (AvgIpc) is 2.04. The van der Waals surface area contributed by atoms with Crippen molar-refractivity contribution < 1.29 is 14.3 Å². The van der Waals surface area contributed by atoms with Crippen molar-refractivity contribution in [3.63, 3.8) is 0 Å². The van der Waals surface area contributed by atoms with Crippen LogP contribution in [0.5, 0.6) is 0 Å². The molecule has 0 heterocycles. The van der Waals surface area contributed by atoms with Crippen LogP contribution in [0.1, 0.15) is 40.5 Å². The van der Waals surface area contributed by atoms with Gasteiger partial charge in [0.15, 0.2) is 0 Å². The van der Waals surface area contributed by atoms with Crippen LogP contribution in [0.4, 0.5) is 4.79 Å². The zero-order chi connectivity index (χ0) is 10.3. The molecule has 0 aromatic heterocycles. The maximum absolute atomic E-state index is 11.0. The normalized spacial score (nSPS) is 14.8. The summed E-state index contributed by atoms with van der Waals surface area (Å²) in [5.41, 5.74) is 0. The highest BCUT2D eigenvalue weighted by Gasteiger charge is 2.12. The van der Waals surface area contributed by atoms with E-state index < -0.39 is 6.16 Å². The molecule has 0 rings (SSSR count). The van der Waals surface area contributed by atoms with Gasteiger partial charge in [0.25, 0.3) is 0 Å². The van der Waals surface area contributed by atoms with Gasteiger partial charge in [-0.15, -0.1) is 0 Å². The number of carbonyl (C=O) groups excluding carboxylic acids is 1. The summed E-state index contributed by atoms with van der Waals surface area (Å²) in [4.78, 5) is 11.0. The van der Waals surface area contributed by atoms with E-state index in [0.29, 0.717) is 0 Å². The van der Waals surface area contributed by atoms with Crippen LogP contribution in [0, 0.1) is 6.42 Å². The van der Waals surface area contributed by atoms with Gasteiger partial charge < -0.3 is 9.47 Å². The van der Waals surface area contributed by atoms with E-state index in [1.165, 1.54) is 0 Å². The maximum atomic E-state index is 11.0. The summed E-state index contributed by atoms with van der Waals surface area (Å²) in [6, 6.07) is 0. The van der Waals surface area contributed by atoms with Gasteiger partial charge in [0.05, 0.1) is 0 Å². The van der Waals surface area contributed by atoms with Crippen molar-refractivity contribution in [3.05, 3.63) is 6.42 Å². The van der Waals surface area contributed by atoms with E-state index in [2.05, 4.69) is 0 Å². The van der Waals surface area contributed by atoms with Crippen molar-refractivity contribution in [1.82, 2.24) is 0 Å². The van der Waals surface area contributed by atoms with Gasteiger partial charge in [-0.05, 0) is 26.7 Å². The fourth-order valence-electron chi connectivity index (χ4n) is 0.877. The van der Waals surface area contributed by atoms with Crippen molar-refractivity contribution in [2.45, 2.75) is 52.7 Å². The second-order valence-electron chi connectivity index (χ2n) is 3.12. The third kappa shape index (κ3) is 6.43. The molecule has 0 aliphatic rings. The predicted molar refractivity (Wildman–Crippen MR) is 51.4 cm³/mol. The van der Waals surface area contributed by atoms with Crippen molar-refractivity contribution in [2.75, 3.05) is 0 Å². The average molecular weight is 187 g/mol. The Morgan fingerprint density at radius 3 is 2.46 bits per heavy atom. The SMILES string of the molecule is C[CH][C@@H](C)OC(=O)O[C@H](C)CCC. The number of hydrogen-bond acceptors (Lipinski definition) is 3. The second kappa shape index (κ2) is 6.75. The molecular weight excluding hydrogens is 168 g/mol. The Morgan fingerprint density at radius 1 is 1.38 bits per heavy atom. The molecule has 13 heavy (non-hydrogen) atoms. The van der Waals surface area contributed by atoms with E-state index >= 15 is 0 Å². The van der Waals surface area contributed by atoms with Crippen molar-refractivity contribution in [1.29, 1.82) is 0 Å². The van der Waals surface area contributed by atoms with E-state index in [4.69, 9.17) is 9.47 Å². The molecule has 3 heteroatoms. The first-order chi connectivity index (χ1) is 6.10. The molecule has 2 atom stereocenters. The Hall–Kier alpha value is -0.730. The van der Waals surface area contributed by atoms with Gasteiger partial charge in [0.1, 0.15) is 12.2 Å². The maximum Gasteiger partial charge on any atom is 0.508 e. The summed E-state index contributed by atoms with van der Waals surface area (Å²) in [5, 5.41) is 0. The van der Waals surface area contributed by atoms with Crippen LogP contribution in [0.3, 0.4) is 0 Å². The molecule has 0 aromatic carbocycles. The minimum atomic E-state index is -0.577. The molecule has 0 amide bonds. The number of rotatable bonds is 5. The van der Waals surface area contributed by atoms with E-state index in [1.54, 1.807) is 13.3 Å². The lowest BCUT2D eigenvalue weighted by atomic mass is 10.2. The van der Waals surface area contributed by atoms with Gasteiger partial charge in [0.2, 0.25) is 0 Å². The lowest BCUT2D eigenvalue weighted by Crippen LogP contribution is -2.20. The Morgan fingerprint density at radius 2 is 2.00 bits per heavy atom. The summed E-state index contributed by atoms with van der Waals surface area (Å²) >= 11 is 0. The summed E-state index contributed by atoms with van der Waals surface area (Å²) in [5.74, 6) is 0. The van der Waals surface area contributed by atoms with Gasteiger partial charge >= 0.3 is 6.16 Å².